The molecule has 4 fully saturated rings. The molecule has 0 saturated heterocycles. The summed E-state index contributed by atoms with van der Waals surface area (Å²) >= 11 is 0. The second kappa shape index (κ2) is 5.00. The summed E-state index contributed by atoms with van der Waals surface area (Å²) in [4.78, 5) is 10.9. The smallest absolute Gasteiger partial charge is 0.344 e. The van der Waals surface area contributed by atoms with Crippen molar-refractivity contribution in [2.75, 3.05) is 0 Å². The zero-order valence-corrected chi connectivity index (χ0v) is 13.1. The Labute approximate surface area is 131 Å². The Morgan fingerprint density at radius 2 is 1.59 bits per heavy atom. The maximum absolute atomic E-state index is 10.9. The Bertz CT molecular complexity index is 540. The third kappa shape index (κ3) is 2.31. The van der Waals surface area contributed by atoms with Gasteiger partial charge in [0.25, 0.3) is 0 Å². The van der Waals surface area contributed by atoms with Crippen molar-refractivity contribution in [1.82, 2.24) is 0 Å². The molecule has 0 aromatic heterocycles. The maximum Gasteiger partial charge on any atom is 0.344 e. The van der Waals surface area contributed by atoms with Gasteiger partial charge in [-0.05, 0) is 86.3 Å². The number of hydrogen-bond acceptors (Lipinski definition) is 2. The Balaban J connectivity index is 1.55. The van der Waals surface area contributed by atoms with E-state index in [1.807, 2.05) is 12.1 Å². The van der Waals surface area contributed by atoms with Gasteiger partial charge in [0.05, 0.1) is 0 Å². The zero-order valence-electron chi connectivity index (χ0n) is 13.1. The van der Waals surface area contributed by atoms with Gasteiger partial charge >= 0.3 is 5.97 Å². The molecule has 5 rings (SSSR count). The van der Waals surface area contributed by atoms with E-state index in [4.69, 9.17) is 9.84 Å². The van der Waals surface area contributed by atoms with E-state index < -0.39 is 12.1 Å². The number of hydrogen-bond donors (Lipinski definition) is 1. The molecule has 22 heavy (non-hydrogen) atoms. The summed E-state index contributed by atoms with van der Waals surface area (Å²) in [6.07, 6.45) is 7.62. The minimum atomic E-state index is -0.926. The molecule has 4 bridgehead atoms. The third-order valence-corrected chi connectivity index (χ3v) is 6.17. The van der Waals surface area contributed by atoms with E-state index in [2.05, 4.69) is 12.1 Å². The van der Waals surface area contributed by atoms with Crippen molar-refractivity contribution in [2.45, 2.75) is 57.0 Å². The molecule has 0 aliphatic heterocycles. The fourth-order valence-corrected chi connectivity index (χ4v) is 5.61. The highest BCUT2D eigenvalue weighted by Crippen LogP contribution is 2.60. The van der Waals surface area contributed by atoms with Crippen LogP contribution in [0, 0.1) is 17.8 Å². The first-order chi connectivity index (χ1) is 10.5. The quantitative estimate of drug-likeness (QED) is 0.914. The van der Waals surface area contributed by atoms with E-state index in [9.17, 15) is 4.79 Å². The van der Waals surface area contributed by atoms with Gasteiger partial charge in [0.2, 0.25) is 0 Å². The molecule has 118 valence electrons. The van der Waals surface area contributed by atoms with Crippen molar-refractivity contribution in [1.29, 1.82) is 0 Å². The molecule has 0 radical (unpaired) electrons. The van der Waals surface area contributed by atoms with E-state index in [0.717, 1.165) is 17.8 Å². The lowest BCUT2D eigenvalue weighted by atomic mass is 9.48. The number of carboxylic acids is 1. The maximum atomic E-state index is 10.9. The average Bonchev–Trinajstić information content (AvgIpc) is 2.46. The van der Waals surface area contributed by atoms with Crippen LogP contribution in [0.4, 0.5) is 0 Å². The zero-order chi connectivity index (χ0) is 15.3. The minimum Gasteiger partial charge on any atom is -0.479 e. The molecule has 4 saturated carbocycles. The van der Waals surface area contributed by atoms with Crippen LogP contribution in [0.25, 0.3) is 0 Å². The van der Waals surface area contributed by atoms with Gasteiger partial charge in [0.1, 0.15) is 5.75 Å². The van der Waals surface area contributed by atoms with Crippen molar-refractivity contribution in [2.24, 2.45) is 17.8 Å². The summed E-state index contributed by atoms with van der Waals surface area (Å²) in [5, 5.41) is 8.93. The van der Waals surface area contributed by atoms with Gasteiger partial charge in [-0.2, -0.15) is 0 Å². The lowest BCUT2D eigenvalue weighted by Gasteiger charge is -2.57. The summed E-state index contributed by atoms with van der Waals surface area (Å²) in [7, 11) is 0. The topological polar surface area (TPSA) is 46.5 Å². The van der Waals surface area contributed by atoms with Crippen LogP contribution in [0.2, 0.25) is 0 Å². The Kier molecular flexibility index (Phi) is 3.21. The van der Waals surface area contributed by atoms with Crippen LogP contribution < -0.4 is 4.74 Å². The standard InChI is InChI=1S/C19H24O3/c1-12(18(20)21)22-17-4-2-16(3-5-17)19-9-13-6-14(10-19)8-15(7-13)11-19/h2-5,12-15H,6-11H2,1H3,(H,20,21)/t12-,13?,14?,15?,19?/m1/s1. The fraction of sp³-hybridized carbons (Fsp3) is 0.632. The van der Waals surface area contributed by atoms with Gasteiger partial charge in [-0.25, -0.2) is 4.79 Å². The molecule has 1 N–H and O–H groups in total. The monoisotopic (exact) mass is 300 g/mol. The lowest BCUT2D eigenvalue weighted by molar-refractivity contribution is -0.144. The molecule has 1 aromatic rings. The second-order valence-corrected chi connectivity index (χ2v) is 7.82. The number of aliphatic carboxylic acids is 1. The highest BCUT2D eigenvalue weighted by molar-refractivity contribution is 5.72. The van der Waals surface area contributed by atoms with Gasteiger partial charge in [-0.3, -0.25) is 0 Å². The molecule has 1 aromatic carbocycles. The minimum absolute atomic E-state index is 0.395. The molecule has 3 nitrogen and oxygen atoms in total. The lowest BCUT2D eigenvalue weighted by Crippen LogP contribution is -2.48. The number of benzene rings is 1. The molecule has 0 unspecified atom stereocenters. The molecule has 0 amide bonds. The molecule has 0 heterocycles. The summed E-state index contributed by atoms with van der Waals surface area (Å²) in [5.41, 5.74) is 1.84. The first-order valence-corrected chi connectivity index (χ1v) is 8.54. The first-order valence-electron chi connectivity index (χ1n) is 8.54. The molecule has 0 spiro atoms. The largest absolute Gasteiger partial charge is 0.479 e. The van der Waals surface area contributed by atoms with Crippen LogP contribution in [-0.2, 0) is 10.2 Å². The highest BCUT2D eigenvalue weighted by atomic mass is 16.5. The van der Waals surface area contributed by atoms with E-state index in [1.165, 1.54) is 44.1 Å². The normalized spacial score (nSPS) is 37.0. The van der Waals surface area contributed by atoms with Gasteiger partial charge in [0.15, 0.2) is 6.10 Å². The van der Waals surface area contributed by atoms with Crippen molar-refractivity contribution < 1.29 is 14.6 Å². The Morgan fingerprint density at radius 3 is 2.05 bits per heavy atom. The van der Waals surface area contributed by atoms with E-state index in [1.54, 1.807) is 6.92 Å². The van der Waals surface area contributed by atoms with Crippen LogP contribution in [0.15, 0.2) is 24.3 Å². The van der Waals surface area contributed by atoms with E-state index in [-0.39, 0.29) is 0 Å². The number of carboxylic acid groups (broad SMARTS) is 1. The second-order valence-electron chi connectivity index (χ2n) is 7.82. The van der Waals surface area contributed by atoms with E-state index in [0.29, 0.717) is 11.2 Å². The SMILES string of the molecule is C[C@@H](Oc1ccc(C23CC4CC(CC(C4)C2)C3)cc1)C(=O)O. The van der Waals surface area contributed by atoms with Crippen molar-refractivity contribution in [3.8, 4) is 5.75 Å². The molecule has 1 atom stereocenters. The number of carbonyl (C=O) groups is 1. The first kappa shape index (κ1) is 14.1. The van der Waals surface area contributed by atoms with Crippen LogP contribution >= 0.6 is 0 Å². The summed E-state index contributed by atoms with van der Waals surface area (Å²) in [6, 6.07) is 8.26. The van der Waals surface area contributed by atoms with Crippen molar-refractivity contribution in [3.63, 3.8) is 0 Å². The summed E-state index contributed by atoms with van der Waals surface area (Å²) in [6.45, 7) is 1.56. The summed E-state index contributed by atoms with van der Waals surface area (Å²) in [5.74, 6) is 2.55. The number of rotatable bonds is 4. The average molecular weight is 300 g/mol. The van der Waals surface area contributed by atoms with Gasteiger partial charge in [0, 0.05) is 0 Å². The molecule has 4 aliphatic carbocycles. The van der Waals surface area contributed by atoms with E-state index >= 15 is 0 Å². The fourth-order valence-electron chi connectivity index (χ4n) is 5.61. The molecular formula is C19H24O3. The predicted octanol–water partition coefficient (Wildman–Crippen LogP) is 4.01. The number of ether oxygens (including phenoxy) is 1. The van der Waals surface area contributed by atoms with Crippen LogP contribution in [0.3, 0.4) is 0 Å². The predicted molar refractivity (Wildman–Crippen MR) is 84.0 cm³/mol. The van der Waals surface area contributed by atoms with Gasteiger partial charge in [-0.1, -0.05) is 12.1 Å². The van der Waals surface area contributed by atoms with Crippen molar-refractivity contribution in [3.05, 3.63) is 29.8 Å². The van der Waals surface area contributed by atoms with Gasteiger partial charge in [-0.15, -0.1) is 0 Å². The van der Waals surface area contributed by atoms with Crippen molar-refractivity contribution >= 4 is 5.97 Å². The third-order valence-electron chi connectivity index (χ3n) is 6.17. The van der Waals surface area contributed by atoms with Crippen LogP contribution in [0.1, 0.15) is 51.0 Å². The molecular weight excluding hydrogens is 276 g/mol. The molecule has 4 aliphatic rings. The highest BCUT2D eigenvalue weighted by Gasteiger charge is 2.51. The Morgan fingerprint density at radius 1 is 1.09 bits per heavy atom. The molecule has 3 heteroatoms. The van der Waals surface area contributed by atoms with Gasteiger partial charge < -0.3 is 9.84 Å². The van der Waals surface area contributed by atoms with Crippen LogP contribution in [0.5, 0.6) is 5.75 Å². The summed E-state index contributed by atoms with van der Waals surface area (Å²) < 4.78 is 5.45. The van der Waals surface area contributed by atoms with Crippen LogP contribution in [-0.4, -0.2) is 17.2 Å². The Hall–Kier alpha value is -1.51.